The quantitative estimate of drug-likeness (QED) is 0.476. The van der Waals surface area contributed by atoms with Crippen molar-refractivity contribution in [3.8, 4) is 11.1 Å². The van der Waals surface area contributed by atoms with Crippen LogP contribution in [0.25, 0.3) is 11.1 Å². The van der Waals surface area contributed by atoms with E-state index in [2.05, 4.69) is 68.4 Å². The minimum Gasteiger partial charge on any atom is -0.262 e. The Bertz CT molecular complexity index is 684. The molecule has 1 heterocycles. The third-order valence-corrected chi connectivity index (χ3v) is 4.01. The average molecular weight is 325 g/mol. The molecule has 0 spiro atoms. The average Bonchev–Trinajstić information content (AvgIpc) is 2.90. The van der Waals surface area contributed by atoms with Crippen LogP contribution in [-0.4, -0.2) is 9.97 Å². The van der Waals surface area contributed by atoms with Gasteiger partial charge in [0.2, 0.25) is 0 Å². The van der Waals surface area contributed by atoms with Gasteiger partial charge in [-0.15, -0.1) is 0 Å². The van der Waals surface area contributed by atoms with E-state index in [0.29, 0.717) is 0 Å². The van der Waals surface area contributed by atoms with E-state index >= 15 is 0 Å². The summed E-state index contributed by atoms with van der Waals surface area (Å²) in [5.41, 5.74) is 5.64. The Kier molecular flexibility index (Phi) is 3.88. The molecule has 4 rings (SSSR count). The van der Waals surface area contributed by atoms with Gasteiger partial charge in [0.15, 0.2) is 0 Å². The predicted molar refractivity (Wildman–Crippen MR) is 84.4 cm³/mol. The minimum atomic E-state index is 1.06. The molecule has 0 atom stereocenters. The summed E-state index contributed by atoms with van der Waals surface area (Å²) in [6, 6.07) is 15.0. The molecule has 20 heavy (non-hydrogen) atoms. The van der Waals surface area contributed by atoms with Crippen LogP contribution in [0.3, 0.4) is 0 Å². The molecular weight excluding hydrogens is 312 g/mol. The summed E-state index contributed by atoms with van der Waals surface area (Å²) in [5, 5.41) is 0. The van der Waals surface area contributed by atoms with Gasteiger partial charge < -0.3 is 0 Å². The maximum absolute atomic E-state index is 3.72. The van der Waals surface area contributed by atoms with Crippen LogP contribution >= 0.6 is 15.9 Å². The lowest BCUT2D eigenvalue weighted by Crippen LogP contribution is -1.80. The van der Waals surface area contributed by atoms with Crippen molar-refractivity contribution < 1.29 is 0 Å². The number of hydrogen-bond donors (Lipinski definition) is 0. The molecule has 1 aliphatic carbocycles. The van der Waals surface area contributed by atoms with Crippen molar-refractivity contribution in [1.82, 2.24) is 9.97 Å². The fraction of sp³-hybridized carbons (Fsp3) is 0.0588. The van der Waals surface area contributed by atoms with E-state index in [1.54, 1.807) is 24.8 Å². The molecule has 0 bridgehead atoms. The van der Waals surface area contributed by atoms with Gasteiger partial charge in [-0.3, -0.25) is 9.97 Å². The highest BCUT2D eigenvalue weighted by molar-refractivity contribution is 9.10. The van der Waals surface area contributed by atoms with Crippen molar-refractivity contribution in [1.29, 1.82) is 0 Å². The van der Waals surface area contributed by atoms with E-state index in [0.717, 1.165) is 6.42 Å². The highest BCUT2D eigenvalue weighted by Crippen LogP contribution is 2.39. The molecule has 1 aliphatic rings. The van der Waals surface area contributed by atoms with Crippen LogP contribution < -0.4 is 0 Å². The van der Waals surface area contributed by atoms with E-state index in [9.17, 15) is 0 Å². The van der Waals surface area contributed by atoms with Gasteiger partial charge in [0.05, 0.1) is 0 Å². The molecule has 0 N–H and O–H groups in total. The van der Waals surface area contributed by atoms with Crippen LogP contribution in [0.2, 0.25) is 0 Å². The molecule has 0 radical (unpaired) electrons. The van der Waals surface area contributed by atoms with Crippen molar-refractivity contribution in [2.24, 2.45) is 0 Å². The number of aromatic nitrogens is 2. The molecule has 0 unspecified atom stereocenters. The van der Waals surface area contributed by atoms with Crippen LogP contribution in [0.4, 0.5) is 0 Å². The summed E-state index contributed by atoms with van der Waals surface area (Å²) in [6.07, 6.45) is 7.62. The lowest BCUT2D eigenvalue weighted by molar-refractivity contribution is 1.20. The number of benzene rings is 2. The minimum absolute atomic E-state index is 1.06. The summed E-state index contributed by atoms with van der Waals surface area (Å²) >= 11 is 3.61. The van der Waals surface area contributed by atoms with Crippen molar-refractivity contribution in [3.63, 3.8) is 0 Å². The monoisotopic (exact) mass is 324 g/mol. The third-order valence-electron chi connectivity index (χ3n) is 3.27. The van der Waals surface area contributed by atoms with Gasteiger partial charge in [0.25, 0.3) is 0 Å². The number of nitrogens with zero attached hydrogens (tertiary/aromatic N) is 2. The summed E-state index contributed by atoms with van der Waals surface area (Å²) in [7, 11) is 0. The number of fused-ring (bicyclic) bond motifs is 3. The van der Waals surface area contributed by atoms with E-state index < -0.39 is 0 Å². The zero-order chi connectivity index (χ0) is 13.8. The molecule has 1 aromatic heterocycles. The second-order valence-corrected chi connectivity index (χ2v) is 5.35. The molecule has 0 saturated heterocycles. The van der Waals surface area contributed by atoms with Gasteiger partial charge in [-0.05, 0) is 34.7 Å². The smallest absolute Gasteiger partial charge is 0.0451 e. The Labute approximate surface area is 126 Å². The topological polar surface area (TPSA) is 25.8 Å². The van der Waals surface area contributed by atoms with E-state index in [-0.39, 0.29) is 0 Å². The van der Waals surface area contributed by atoms with Crippen molar-refractivity contribution in [3.05, 3.63) is 82.9 Å². The first-order valence-corrected chi connectivity index (χ1v) is 7.21. The summed E-state index contributed by atoms with van der Waals surface area (Å²) in [6.45, 7) is 0. The first-order chi connectivity index (χ1) is 9.86. The van der Waals surface area contributed by atoms with Gasteiger partial charge in [0.1, 0.15) is 0 Å². The highest BCUT2D eigenvalue weighted by Gasteiger charge is 2.18. The third kappa shape index (κ3) is 2.63. The van der Waals surface area contributed by atoms with Crippen molar-refractivity contribution in [2.75, 3.05) is 0 Å². The molecule has 0 saturated carbocycles. The molecule has 0 fully saturated rings. The van der Waals surface area contributed by atoms with Gasteiger partial charge >= 0.3 is 0 Å². The molecular formula is C17H13BrN2. The molecule has 98 valence electrons. The summed E-state index contributed by atoms with van der Waals surface area (Å²) in [4.78, 5) is 7.44. The molecule has 3 aromatic rings. The molecule has 0 amide bonds. The Morgan fingerprint density at radius 1 is 0.750 bits per heavy atom. The SMILES string of the molecule is Brc1cccc2c1Cc1ccccc1-2.c1cnccn1. The van der Waals surface area contributed by atoms with Crippen molar-refractivity contribution >= 4 is 15.9 Å². The molecule has 0 aliphatic heterocycles. The first-order valence-electron chi connectivity index (χ1n) is 6.42. The fourth-order valence-corrected chi connectivity index (χ4v) is 2.88. The van der Waals surface area contributed by atoms with Crippen molar-refractivity contribution in [2.45, 2.75) is 6.42 Å². The van der Waals surface area contributed by atoms with Crippen LogP contribution in [-0.2, 0) is 6.42 Å². The molecule has 2 nitrogen and oxygen atoms in total. The fourth-order valence-electron chi connectivity index (χ4n) is 2.37. The molecule has 2 aromatic carbocycles. The van der Waals surface area contributed by atoms with E-state index in [1.165, 1.54) is 26.7 Å². The summed E-state index contributed by atoms with van der Waals surface area (Å²) in [5.74, 6) is 0. The second kappa shape index (κ2) is 5.97. The maximum Gasteiger partial charge on any atom is 0.0451 e. The van der Waals surface area contributed by atoms with Crippen LogP contribution in [0, 0.1) is 0 Å². The molecule has 3 heteroatoms. The lowest BCUT2D eigenvalue weighted by atomic mass is 10.1. The maximum atomic E-state index is 3.72. The standard InChI is InChI=1S/C13H9Br.C4H4N2/c14-13-7-3-6-11-10-5-2-1-4-9(10)8-12(11)13;1-2-6-4-3-5-1/h1-7H,8H2;1-4H. The highest BCUT2D eigenvalue weighted by atomic mass is 79.9. The zero-order valence-corrected chi connectivity index (χ0v) is 12.4. The number of hydrogen-bond acceptors (Lipinski definition) is 2. The van der Waals surface area contributed by atoms with Crippen LogP contribution in [0.15, 0.2) is 71.7 Å². The zero-order valence-electron chi connectivity index (χ0n) is 10.8. The Morgan fingerprint density at radius 3 is 2.10 bits per heavy atom. The van der Waals surface area contributed by atoms with Crippen LogP contribution in [0.5, 0.6) is 0 Å². The summed E-state index contributed by atoms with van der Waals surface area (Å²) < 4.78 is 1.23. The van der Waals surface area contributed by atoms with Gasteiger partial charge in [-0.1, -0.05) is 52.3 Å². The Balaban J connectivity index is 0.000000170. The number of halogens is 1. The van der Waals surface area contributed by atoms with Crippen LogP contribution in [0.1, 0.15) is 11.1 Å². The normalized spacial score (nSPS) is 11.1. The van der Waals surface area contributed by atoms with Gasteiger partial charge in [-0.25, -0.2) is 0 Å². The van der Waals surface area contributed by atoms with Gasteiger partial charge in [0, 0.05) is 29.3 Å². The predicted octanol–water partition coefficient (Wildman–Crippen LogP) is 4.50. The van der Waals surface area contributed by atoms with E-state index in [4.69, 9.17) is 0 Å². The second-order valence-electron chi connectivity index (χ2n) is 4.49. The van der Waals surface area contributed by atoms with Gasteiger partial charge in [-0.2, -0.15) is 0 Å². The Morgan fingerprint density at radius 2 is 1.40 bits per heavy atom. The van der Waals surface area contributed by atoms with E-state index in [1.807, 2.05) is 0 Å². The first kappa shape index (κ1) is 13.0. The lowest BCUT2D eigenvalue weighted by Gasteiger charge is -2.01. The Hall–Kier alpha value is -2.00. The number of rotatable bonds is 0. The largest absolute Gasteiger partial charge is 0.262 e.